The summed E-state index contributed by atoms with van der Waals surface area (Å²) in [6, 6.07) is 14.2. The van der Waals surface area contributed by atoms with Crippen LogP contribution in [0.5, 0.6) is 17.2 Å². The van der Waals surface area contributed by atoms with Gasteiger partial charge in [-0.05, 0) is 48.0 Å². The first-order valence-corrected chi connectivity index (χ1v) is 10.8. The quantitative estimate of drug-likeness (QED) is 0.289. The minimum Gasteiger partial charge on any atom is -0.506 e. The van der Waals surface area contributed by atoms with Gasteiger partial charge in [0.15, 0.2) is 0 Å². The van der Waals surface area contributed by atoms with Crippen molar-refractivity contribution in [2.75, 3.05) is 26.2 Å². The van der Waals surface area contributed by atoms with E-state index in [1.54, 1.807) is 42.5 Å². The summed E-state index contributed by atoms with van der Waals surface area (Å²) in [5.74, 6) is -2.07. The number of methoxy groups -OCH3 is 3. The van der Waals surface area contributed by atoms with Gasteiger partial charge in [0, 0.05) is 5.69 Å². The zero-order valence-corrected chi connectivity index (χ0v) is 19.8. The number of carbonyl (C=O) groups excluding carboxylic acids is 2. The zero-order valence-electron chi connectivity index (χ0n) is 19.0. The average Bonchev–Trinajstić information content (AvgIpc) is 3.15. The summed E-state index contributed by atoms with van der Waals surface area (Å²) in [5, 5.41) is 11.2. The Morgan fingerprint density at radius 2 is 1.60 bits per heavy atom. The number of hydrogen-bond acceptors (Lipinski definition) is 6. The van der Waals surface area contributed by atoms with Gasteiger partial charge in [-0.1, -0.05) is 29.8 Å². The topological polar surface area (TPSA) is 85.3 Å². The standard InChI is InChI=1S/C26H21ClFNO6/c1-33-16-7-4-6-14(12-16)23-22(24(30)21-19(34-2)8-5-9-20(21)35-3)25(31)26(32)29(23)15-10-11-18(28)17(27)13-15/h4-13,23,30H,1-3H3/b24-22+. The number of amides is 1. The number of aliphatic hydroxyl groups excluding tert-OH is 1. The fraction of sp³-hybridized carbons (Fsp3) is 0.154. The monoisotopic (exact) mass is 497 g/mol. The van der Waals surface area contributed by atoms with Crippen molar-refractivity contribution in [3.05, 3.63) is 88.2 Å². The maximum atomic E-state index is 13.9. The number of aliphatic hydroxyl groups is 1. The molecule has 1 saturated heterocycles. The van der Waals surface area contributed by atoms with Crippen molar-refractivity contribution in [1.29, 1.82) is 0 Å². The van der Waals surface area contributed by atoms with Gasteiger partial charge >= 0.3 is 0 Å². The summed E-state index contributed by atoms with van der Waals surface area (Å²) < 4.78 is 30.0. The van der Waals surface area contributed by atoms with Crippen LogP contribution in [0.3, 0.4) is 0 Å². The summed E-state index contributed by atoms with van der Waals surface area (Å²) in [6.07, 6.45) is 0. The number of Topliss-reactive ketones (excluding diaryl/α,β-unsaturated/α-hetero) is 1. The molecule has 0 bridgehead atoms. The van der Waals surface area contributed by atoms with Crippen molar-refractivity contribution in [2.24, 2.45) is 0 Å². The van der Waals surface area contributed by atoms with E-state index < -0.39 is 29.3 Å². The highest BCUT2D eigenvalue weighted by Crippen LogP contribution is 2.46. The lowest BCUT2D eigenvalue weighted by molar-refractivity contribution is -0.132. The first kappa shape index (κ1) is 24.1. The van der Waals surface area contributed by atoms with Crippen LogP contribution in [0.2, 0.25) is 5.02 Å². The van der Waals surface area contributed by atoms with E-state index in [-0.39, 0.29) is 33.3 Å². The van der Waals surface area contributed by atoms with Gasteiger partial charge in [0.25, 0.3) is 11.7 Å². The van der Waals surface area contributed by atoms with E-state index in [9.17, 15) is 19.1 Å². The maximum Gasteiger partial charge on any atom is 0.300 e. The summed E-state index contributed by atoms with van der Waals surface area (Å²) in [4.78, 5) is 27.8. The molecule has 1 aliphatic heterocycles. The zero-order chi connectivity index (χ0) is 25.3. The molecule has 9 heteroatoms. The highest BCUT2D eigenvalue weighted by Gasteiger charge is 2.47. The molecular formula is C26H21ClFNO6. The molecule has 4 rings (SSSR count). The summed E-state index contributed by atoms with van der Waals surface area (Å²) >= 11 is 5.98. The molecule has 1 unspecified atom stereocenters. The number of benzene rings is 3. The molecular weight excluding hydrogens is 477 g/mol. The number of ether oxygens (including phenoxy) is 3. The van der Waals surface area contributed by atoms with Gasteiger partial charge in [0.2, 0.25) is 0 Å². The second-order valence-electron chi connectivity index (χ2n) is 7.58. The van der Waals surface area contributed by atoms with E-state index in [0.29, 0.717) is 11.3 Å². The lowest BCUT2D eigenvalue weighted by Crippen LogP contribution is -2.29. The Morgan fingerprint density at radius 1 is 0.943 bits per heavy atom. The minimum absolute atomic E-state index is 0.112. The SMILES string of the molecule is COc1cccc(C2/C(=C(\O)c3c(OC)cccc3OC)C(=O)C(=O)N2c2ccc(F)c(Cl)c2)c1. The van der Waals surface area contributed by atoms with Crippen molar-refractivity contribution < 1.29 is 33.3 Å². The predicted molar refractivity (Wildman–Crippen MR) is 129 cm³/mol. The molecule has 0 aromatic heterocycles. The number of hydrogen-bond donors (Lipinski definition) is 1. The van der Waals surface area contributed by atoms with Gasteiger partial charge in [0.1, 0.15) is 34.4 Å². The van der Waals surface area contributed by atoms with Gasteiger partial charge in [-0.3, -0.25) is 14.5 Å². The molecule has 0 radical (unpaired) electrons. The molecule has 1 aliphatic rings. The van der Waals surface area contributed by atoms with Gasteiger partial charge in [-0.2, -0.15) is 0 Å². The molecule has 1 fully saturated rings. The van der Waals surface area contributed by atoms with E-state index in [1.807, 2.05) is 0 Å². The lowest BCUT2D eigenvalue weighted by Gasteiger charge is -2.26. The fourth-order valence-corrected chi connectivity index (χ4v) is 4.25. The Bertz CT molecular complexity index is 1330. The van der Waals surface area contributed by atoms with Crippen molar-refractivity contribution in [2.45, 2.75) is 6.04 Å². The van der Waals surface area contributed by atoms with Gasteiger partial charge in [-0.15, -0.1) is 0 Å². The largest absolute Gasteiger partial charge is 0.506 e. The van der Waals surface area contributed by atoms with Crippen LogP contribution in [0.15, 0.2) is 66.2 Å². The Labute approximate surface area is 205 Å². The number of halogens is 2. The van der Waals surface area contributed by atoms with Crippen molar-refractivity contribution in [1.82, 2.24) is 0 Å². The Hall–Kier alpha value is -4.04. The summed E-state index contributed by atoms with van der Waals surface area (Å²) in [7, 11) is 4.30. The van der Waals surface area contributed by atoms with E-state index in [2.05, 4.69) is 0 Å². The van der Waals surface area contributed by atoms with Gasteiger partial charge in [-0.25, -0.2) is 4.39 Å². The third kappa shape index (κ3) is 4.17. The molecule has 0 saturated carbocycles. The van der Waals surface area contributed by atoms with Crippen LogP contribution in [-0.4, -0.2) is 38.1 Å². The van der Waals surface area contributed by atoms with Crippen molar-refractivity contribution in [3.63, 3.8) is 0 Å². The van der Waals surface area contributed by atoms with E-state index in [4.69, 9.17) is 25.8 Å². The number of nitrogens with zero attached hydrogens (tertiary/aromatic N) is 1. The molecule has 1 N–H and O–H groups in total. The normalized spacial score (nSPS) is 16.9. The first-order chi connectivity index (χ1) is 16.8. The van der Waals surface area contributed by atoms with E-state index >= 15 is 0 Å². The molecule has 35 heavy (non-hydrogen) atoms. The second-order valence-corrected chi connectivity index (χ2v) is 7.99. The molecule has 1 heterocycles. The molecule has 0 spiro atoms. The summed E-state index contributed by atoms with van der Waals surface area (Å²) in [5.41, 5.74) is 0.559. The van der Waals surface area contributed by atoms with Crippen molar-refractivity contribution >= 4 is 34.7 Å². The van der Waals surface area contributed by atoms with Crippen LogP contribution in [0.25, 0.3) is 5.76 Å². The molecule has 180 valence electrons. The smallest absolute Gasteiger partial charge is 0.300 e. The van der Waals surface area contributed by atoms with Gasteiger partial charge in [0.05, 0.1) is 38.0 Å². The van der Waals surface area contributed by atoms with Crippen molar-refractivity contribution in [3.8, 4) is 17.2 Å². The predicted octanol–water partition coefficient (Wildman–Crippen LogP) is 5.13. The Morgan fingerprint density at radius 3 is 2.20 bits per heavy atom. The fourth-order valence-electron chi connectivity index (χ4n) is 4.08. The highest BCUT2D eigenvalue weighted by atomic mass is 35.5. The Kier molecular flexibility index (Phi) is 6.66. The van der Waals surface area contributed by atoms with E-state index in [0.717, 1.165) is 11.0 Å². The van der Waals surface area contributed by atoms with Crippen LogP contribution in [0.1, 0.15) is 17.2 Å². The molecule has 3 aromatic rings. The number of ketones is 1. The van der Waals surface area contributed by atoms with E-state index in [1.165, 1.54) is 33.5 Å². The molecule has 7 nitrogen and oxygen atoms in total. The first-order valence-electron chi connectivity index (χ1n) is 10.4. The number of anilines is 1. The molecule has 0 aliphatic carbocycles. The third-order valence-electron chi connectivity index (χ3n) is 5.70. The second kappa shape index (κ2) is 9.68. The third-order valence-corrected chi connectivity index (χ3v) is 5.99. The van der Waals surface area contributed by atoms with Crippen LogP contribution < -0.4 is 19.1 Å². The van der Waals surface area contributed by atoms with Crippen LogP contribution >= 0.6 is 11.6 Å². The average molecular weight is 498 g/mol. The number of carbonyl (C=O) groups is 2. The van der Waals surface area contributed by atoms with Crippen LogP contribution in [0, 0.1) is 5.82 Å². The maximum absolute atomic E-state index is 13.9. The number of rotatable bonds is 6. The molecule has 1 amide bonds. The van der Waals surface area contributed by atoms with Crippen LogP contribution in [0.4, 0.5) is 10.1 Å². The Balaban J connectivity index is 2.03. The molecule has 1 atom stereocenters. The summed E-state index contributed by atoms with van der Waals surface area (Å²) in [6.45, 7) is 0. The highest BCUT2D eigenvalue weighted by molar-refractivity contribution is 6.52. The minimum atomic E-state index is -1.08. The lowest BCUT2D eigenvalue weighted by atomic mass is 9.94. The van der Waals surface area contributed by atoms with Crippen LogP contribution in [-0.2, 0) is 9.59 Å². The van der Waals surface area contributed by atoms with Gasteiger partial charge < -0.3 is 19.3 Å². The molecule has 3 aromatic carbocycles.